The predicted molar refractivity (Wildman–Crippen MR) is 39.1 cm³/mol. The zero-order valence-corrected chi connectivity index (χ0v) is 5.93. The van der Waals surface area contributed by atoms with Crippen molar-refractivity contribution in [2.45, 2.75) is 25.3 Å². The van der Waals surface area contributed by atoms with Crippen molar-refractivity contribution in [2.75, 3.05) is 13.6 Å². The van der Waals surface area contributed by atoms with Crippen LogP contribution in [-0.2, 0) is 0 Å². The molecule has 0 bridgehead atoms. The van der Waals surface area contributed by atoms with Crippen molar-refractivity contribution in [2.24, 2.45) is 0 Å². The summed E-state index contributed by atoms with van der Waals surface area (Å²) in [5.41, 5.74) is 0. The molecule has 1 aliphatic rings. The first kappa shape index (κ1) is 6.64. The lowest BCUT2D eigenvalue weighted by molar-refractivity contribution is 0.229. The van der Waals surface area contributed by atoms with Gasteiger partial charge in [-0.3, -0.25) is 4.90 Å². The van der Waals surface area contributed by atoms with Gasteiger partial charge < -0.3 is 0 Å². The molecule has 1 saturated heterocycles. The minimum absolute atomic E-state index is 0.416. The Morgan fingerprint density at radius 2 is 2.33 bits per heavy atom. The van der Waals surface area contributed by atoms with Crippen LogP contribution in [0.25, 0.3) is 0 Å². The number of hydrogen-bond acceptors (Lipinski definition) is 1. The van der Waals surface area contributed by atoms with Gasteiger partial charge in [0.15, 0.2) is 0 Å². The molecule has 0 spiro atoms. The maximum Gasteiger partial charge on any atom is 0.0709 e. The first-order valence-corrected chi connectivity index (χ1v) is 3.51. The van der Waals surface area contributed by atoms with Gasteiger partial charge in [-0.2, -0.15) is 0 Å². The Kier molecular flexibility index (Phi) is 2.13. The van der Waals surface area contributed by atoms with E-state index in [0.717, 1.165) is 0 Å². The zero-order chi connectivity index (χ0) is 6.69. The third-order valence-electron chi connectivity index (χ3n) is 1.96. The van der Waals surface area contributed by atoms with Crippen LogP contribution in [0.1, 0.15) is 19.3 Å². The fourth-order valence-electron chi connectivity index (χ4n) is 1.29. The first-order valence-electron chi connectivity index (χ1n) is 3.51. The predicted octanol–water partition coefficient (Wildman–Crippen LogP) is 1.10. The van der Waals surface area contributed by atoms with Gasteiger partial charge in [-0.15, -0.1) is 6.42 Å². The summed E-state index contributed by atoms with van der Waals surface area (Å²) in [4.78, 5) is 2.25. The van der Waals surface area contributed by atoms with Crippen LogP contribution in [0, 0.1) is 12.3 Å². The number of rotatable bonds is 0. The highest BCUT2D eigenvalue weighted by Gasteiger charge is 2.14. The van der Waals surface area contributed by atoms with Gasteiger partial charge in [0.1, 0.15) is 0 Å². The molecule has 0 saturated carbocycles. The molecule has 0 N–H and O–H groups in total. The quantitative estimate of drug-likeness (QED) is 0.436. The molecule has 1 unspecified atom stereocenters. The van der Waals surface area contributed by atoms with Crippen molar-refractivity contribution in [3.8, 4) is 12.3 Å². The second-order valence-electron chi connectivity index (χ2n) is 2.66. The van der Waals surface area contributed by atoms with E-state index in [4.69, 9.17) is 6.42 Å². The molecule has 0 aliphatic carbocycles. The van der Waals surface area contributed by atoms with Gasteiger partial charge in [0.2, 0.25) is 0 Å². The first-order chi connectivity index (χ1) is 4.34. The molecule has 1 nitrogen and oxygen atoms in total. The molecule has 1 atom stereocenters. The molecule has 0 aromatic carbocycles. The monoisotopic (exact) mass is 123 g/mol. The summed E-state index contributed by atoms with van der Waals surface area (Å²) in [6.07, 6.45) is 9.11. The van der Waals surface area contributed by atoms with Crippen molar-refractivity contribution < 1.29 is 0 Å². The average molecular weight is 123 g/mol. The number of likely N-dealkylation sites (tertiary alicyclic amines) is 1. The molecule has 0 amide bonds. The SMILES string of the molecule is C#CC1CCCCN1C. The smallest absolute Gasteiger partial charge is 0.0709 e. The summed E-state index contributed by atoms with van der Waals surface area (Å²) in [7, 11) is 2.10. The van der Waals surface area contributed by atoms with Crippen LogP contribution in [0.4, 0.5) is 0 Å². The molecular weight excluding hydrogens is 110 g/mol. The molecule has 1 heterocycles. The van der Waals surface area contributed by atoms with Crippen LogP contribution in [-0.4, -0.2) is 24.5 Å². The van der Waals surface area contributed by atoms with Gasteiger partial charge >= 0.3 is 0 Å². The van der Waals surface area contributed by atoms with E-state index in [1.165, 1.54) is 25.8 Å². The molecule has 1 fully saturated rings. The van der Waals surface area contributed by atoms with Crippen molar-refractivity contribution >= 4 is 0 Å². The highest BCUT2D eigenvalue weighted by atomic mass is 15.1. The van der Waals surface area contributed by atoms with E-state index < -0.39 is 0 Å². The Labute approximate surface area is 57.0 Å². The molecule has 1 heteroatoms. The fraction of sp³-hybridized carbons (Fsp3) is 0.750. The van der Waals surface area contributed by atoms with E-state index in [-0.39, 0.29) is 0 Å². The van der Waals surface area contributed by atoms with Crippen molar-refractivity contribution in [3.63, 3.8) is 0 Å². The summed E-state index contributed by atoms with van der Waals surface area (Å²) in [6, 6.07) is 0.416. The highest BCUT2D eigenvalue weighted by molar-refractivity contribution is 5.00. The normalized spacial score (nSPS) is 29.6. The topological polar surface area (TPSA) is 3.24 Å². The number of hydrogen-bond donors (Lipinski definition) is 0. The lowest BCUT2D eigenvalue weighted by Crippen LogP contribution is -2.34. The van der Waals surface area contributed by atoms with Gasteiger partial charge in [-0.05, 0) is 32.9 Å². The Balaban J connectivity index is 2.41. The molecule has 0 aromatic rings. The standard InChI is InChI=1S/C8H13N/c1-3-8-6-4-5-7-9(8)2/h1,8H,4-7H2,2H3. The number of piperidine rings is 1. The van der Waals surface area contributed by atoms with E-state index in [9.17, 15) is 0 Å². The minimum Gasteiger partial charge on any atom is -0.293 e. The van der Waals surface area contributed by atoms with Crippen LogP contribution in [0.15, 0.2) is 0 Å². The molecule has 1 rings (SSSR count). The van der Waals surface area contributed by atoms with Gasteiger partial charge in [0, 0.05) is 0 Å². The zero-order valence-electron chi connectivity index (χ0n) is 5.93. The van der Waals surface area contributed by atoms with Crippen LogP contribution in [0.3, 0.4) is 0 Å². The molecular formula is C8H13N. The number of terminal acetylenes is 1. The second kappa shape index (κ2) is 2.89. The van der Waals surface area contributed by atoms with Crippen LogP contribution >= 0.6 is 0 Å². The summed E-state index contributed by atoms with van der Waals surface area (Å²) in [5.74, 6) is 2.78. The molecule has 9 heavy (non-hydrogen) atoms. The van der Waals surface area contributed by atoms with Crippen LogP contribution in [0.5, 0.6) is 0 Å². The van der Waals surface area contributed by atoms with Gasteiger partial charge in [0.05, 0.1) is 6.04 Å². The maximum atomic E-state index is 5.30. The van der Waals surface area contributed by atoms with E-state index in [2.05, 4.69) is 17.9 Å². The summed E-state index contributed by atoms with van der Waals surface area (Å²) in [5, 5.41) is 0. The lowest BCUT2D eigenvalue weighted by atomic mass is 10.0. The summed E-state index contributed by atoms with van der Waals surface area (Å²) in [6.45, 7) is 1.18. The third kappa shape index (κ3) is 1.46. The van der Waals surface area contributed by atoms with E-state index in [1.54, 1.807) is 0 Å². The fourth-order valence-corrected chi connectivity index (χ4v) is 1.29. The highest BCUT2D eigenvalue weighted by Crippen LogP contribution is 2.13. The maximum absolute atomic E-state index is 5.30. The van der Waals surface area contributed by atoms with Crippen LogP contribution in [0.2, 0.25) is 0 Å². The Morgan fingerprint density at radius 1 is 1.56 bits per heavy atom. The summed E-state index contributed by atoms with van der Waals surface area (Å²) >= 11 is 0. The van der Waals surface area contributed by atoms with E-state index in [1.807, 2.05) is 0 Å². The summed E-state index contributed by atoms with van der Waals surface area (Å²) < 4.78 is 0. The second-order valence-corrected chi connectivity index (χ2v) is 2.66. The van der Waals surface area contributed by atoms with Gasteiger partial charge in [-0.1, -0.05) is 5.92 Å². The van der Waals surface area contributed by atoms with E-state index >= 15 is 0 Å². The minimum atomic E-state index is 0.416. The number of nitrogens with zero attached hydrogens (tertiary/aromatic N) is 1. The Morgan fingerprint density at radius 3 is 2.78 bits per heavy atom. The molecule has 1 aliphatic heterocycles. The van der Waals surface area contributed by atoms with Crippen LogP contribution < -0.4 is 0 Å². The third-order valence-corrected chi connectivity index (χ3v) is 1.96. The Bertz CT molecular complexity index is 123. The van der Waals surface area contributed by atoms with Gasteiger partial charge in [0.25, 0.3) is 0 Å². The van der Waals surface area contributed by atoms with E-state index in [0.29, 0.717) is 6.04 Å². The molecule has 0 aromatic heterocycles. The van der Waals surface area contributed by atoms with Crippen molar-refractivity contribution in [1.29, 1.82) is 0 Å². The molecule has 50 valence electrons. The lowest BCUT2D eigenvalue weighted by Gasteiger charge is -2.28. The van der Waals surface area contributed by atoms with Crippen molar-refractivity contribution in [3.05, 3.63) is 0 Å². The van der Waals surface area contributed by atoms with Gasteiger partial charge in [-0.25, -0.2) is 0 Å². The average Bonchev–Trinajstić information content (AvgIpc) is 1.89. The molecule has 0 radical (unpaired) electrons. The van der Waals surface area contributed by atoms with Crippen molar-refractivity contribution in [1.82, 2.24) is 4.90 Å². The largest absolute Gasteiger partial charge is 0.293 e. The Hall–Kier alpha value is -0.480.